The molecule has 0 aromatic rings. The van der Waals surface area contributed by atoms with Gasteiger partial charge in [-0.1, -0.05) is 13.3 Å². The molecule has 1 heterocycles. The number of hydrogen-bond acceptors (Lipinski definition) is 2. The largest absolute Gasteiger partial charge is 0.275 e. The second-order valence-corrected chi connectivity index (χ2v) is 3.36. The number of piperidine rings is 1. The zero-order valence-corrected chi connectivity index (χ0v) is 8.62. The molecule has 1 radical (unpaired) electrons. The van der Waals surface area contributed by atoms with Crippen molar-refractivity contribution in [2.24, 2.45) is 0 Å². The smallest absolute Gasteiger partial charge is 0.240 e. The maximum absolute atomic E-state index is 11.5. The number of carbonyl (C=O) groups excluding carboxylic acids is 1. The Kier molecular flexibility index (Phi) is 4.22. The van der Waals surface area contributed by atoms with Crippen LogP contribution in [0.5, 0.6) is 0 Å². The van der Waals surface area contributed by atoms with Gasteiger partial charge in [-0.3, -0.25) is 9.80 Å². The summed E-state index contributed by atoms with van der Waals surface area (Å²) in [5.74, 6) is 0.129. The van der Waals surface area contributed by atoms with Crippen LogP contribution in [0, 0.1) is 6.42 Å². The van der Waals surface area contributed by atoms with Crippen molar-refractivity contribution >= 4 is 5.91 Å². The molecule has 0 bridgehead atoms. The minimum Gasteiger partial charge on any atom is -0.275 e. The van der Waals surface area contributed by atoms with Gasteiger partial charge in [0.05, 0.1) is 0 Å². The summed E-state index contributed by atoms with van der Waals surface area (Å²) in [6.07, 6.45) is 5.37. The molecule has 1 saturated heterocycles. The summed E-state index contributed by atoms with van der Waals surface area (Å²) in [5, 5.41) is 4.02. The second-order valence-electron chi connectivity index (χ2n) is 3.36. The average Bonchev–Trinajstić information content (AvgIpc) is 2.20. The Morgan fingerprint density at radius 1 is 1.38 bits per heavy atom. The number of hydrogen-bond donors (Lipinski definition) is 0. The third kappa shape index (κ3) is 2.69. The van der Waals surface area contributed by atoms with E-state index < -0.39 is 0 Å². The van der Waals surface area contributed by atoms with Crippen molar-refractivity contribution in [1.29, 1.82) is 0 Å². The van der Waals surface area contributed by atoms with Crippen molar-refractivity contribution < 1.29 is 4.79 Å². The molecule has 0 aliphatic carbocycles. The Labute approximate surface area is 80.7 Å². The lowest BCUT2D eigenvalue weighted by molar-refractivity contribution is -0.146. The number of amides is 1. The van der Waals surface area contributed by atoms with Crippen LogP contribution in [-0.2, 0) is 4.79 Å². The molecule has 1 rings (SSSR count). The van der Waals surface area contributed by atoms with Crippen molar-refractivity contribution in [3.63, 3.8) is 0 Å². The van der Waals surface area contributed by atoms with Crippen LogP contribution < -0.4 is 0 Å². The molecule has 3 heteroatoms. The number of carbonyl (C=O) groups is 1. The highest BCUT2D eigenvalue weighted by atomic mass is 16.2. The summed E-state index contributed by atoms with van der Waals surface area (Å²) in [5.41, 5.74) is 0. The Hall–Kier alpha value is -0.570. The third-order valence-corrected chi connectivity index (χ3v) is 2.47. The predicted molar refractivity (Wildman–Crippen MR) is 52.8 cm³/mol. The molecule has 0 atom stereocenters. The van der Waals surface area contributed by atoms with Crippen molar-refractivity contribution in [2.45, 2.75) is 33.1 Å². The molecule has 13 heavy (non-hydrogen) atoms. The van der Waals surface area contributed by atoms with Crippen LogP contribution in [0.4, 0.5) is 0 Å². The van der Waals surface area contributed by atoms with E-state index in [2.05, 4.69) is 5.01 Å². The van der Waals surface area contributed by atoms with Gasteiger partial charge in [-0.05, 0) is 19.8 Å². The average molecular weight is 183 g/mol. The van der Waals surface area contributed by atoms with E-state index in [0.29, 0.717) is 0 Å². The quantitative estimate of drug-likeness (QED) is 0.661. The molecule has 3 nitrogen and oxygen atoms in total. The van der Waals surface area contributed by atoms with Gasteiger partial charge in [-0.25, -0.2) is 5.01 Å². The Morgan fingerprint density at radius 3 is 2.46 bits per heavy atom. The summed E-state index contributed by atoms with van der Waals surface area (Å²) >= 11 is 0. The fourth-order valence-electron chi connectivity index (χ4n) is 1.76. The summed E-state index contributed by atoms with van der Waals surface area (Å²) in [6, 6.07) is 0. The van der Waals surface area contributed by atoms with Crippen LogP contribution in [-0.4, -0.2) is 35.6 Å². The molecular formula is C10H19N2O. The molecule has 1 amide bonds. The van der Waals surface area contributed by atoms with Crippen LogP contribution in [0.15, 0.2) is 0 Å². The fourth-order valence-corrected chi connectivity index (χ4v) is 1.76. The molecule has 1 fully saturated rings. The van der Waals surface area contributed by atoms with E-state index in [1.165, 1.54) is 19.3 Å². The highest BCUT2D eigenvalue weighted by molar-refractivity contribution is 5.83. The molecule has 0 saturated carbocycles. The van der Waals surface area contributed by atoms with Gasteiger partial charge >= 0.3 is 0 Å². The first kappa shape index (κ1) is 10.5. The summed E-state index contributed by atoms with van der Waals surface area (Å²) in [6.45, 7) is 6.68. The van der Waals surface area contributed by atoms with Gasteiger partial charge in [0.2, 0.25) is 5.91 Å². The second kappa shape index (κ2) is 5.22. The highest BCUT2D eigenvalue weighted by Crippen LogP contribution is 2.11. The van der Waals surface area contributed by atoms with Gasteiger partial charge in [0, 0.05) is 26.1 Å². The number of hydrazine groups is 1. The molecule has 1 aliphatic rings. The van der Waals surface area contributed by atoms with E-state index in [1.54, 1.807) is 13.3 Å². The van der Waals surface area contributed by atoms with E-state index in [9.17, 15) is 4.79 Å². The molecular weight excluding hydrogens is 164 g/mol. The van der Waals surface area contributed by atoms with Crippen LogP contribution in [0.2, 0.25) is 0 Å². The highest BCUT2D eigenvalue weighted by Gasteiger charge is 2.19. The minimum atomic E-state index is 0.129. The molecule has 0 aromatic heterocycles. The lowest BCUT2D eigenvalue weighted by Crippen LogP contribution is -2.48. The van der Waals surface area contributed by atoms with Crippen LogP contribution in [0.25, 0.3) is 0 Å². The summed E-state index contributed by atoms with van der Waals surface area (Å²) < 4.78 is 0. The van der Waals surface area contributed by atoms with Crippen LogP contribution in [0.3, 0.4) is 0 Å². The van der Waals surface area contributed by atoms with Gasteiger partial charge in [0.25, 0.3) is 0 Å². The first-order valence-corrected chi connectivity index (χ1v) is 5.15. The van der Waals surface area contributed by atoms with E-state index in [1.807, 2.05) is 11.9 Å². The van der Waals surface area contributed by atoms with Gasteiger partial charge in [0.15, 0.2) is 0 Å². The van der Waals surface area contributed by atoms with Gasteiger partial charge in [0.1, 0.15) is 0 Å². The standard InChI is InChI=1S/C10H19N2O/c1-3-10(13)12(4-2)11-8-6-5-7-9-11/h3H,4-9H2,1-2H3. The molecule has 0 unspecified atom stereocenters. The minimum absolute atomic E-state index is 0.129. The van der Waals surface area contributed by atoms with Crippen molar-refractivity contribution in [3.8, 4) is 0 Å². The summed E-state index contributed by atoms with van der Waals surface area (Å²) in [7, 11) is 0. The number of rotatable bonds is 3. The van der Waals surface area contributed by atoms with E-state index in [4.69, 9.17) is 0 Å². The molecule has 75 valence electrons. The monoisotopic (exact) mass is 183 g/mol. The molecule has 0 N–H and O–H groups in total. The van der Waals surface area contributed by atoms with E-state index in [-0.39, 0.29) is 5.91 Å². The zero-order valence-electron chi connectivity index (χ0n) is 8.62. The normalized spacial score (nSPS) is 18.6. The maximum Gasteiger partial charge on any atom is 0.240 e. The lowest BCUT2D eigenvalue weighted by atomic mass is 10.2. The van der Waals surface area contributed by atoms with E-state index in [0.717, 1.165) is 19.6 Å². The maximum atomic E-state index is 11.5. The molecule has 1 aliphatic heterocycles. The first-order chi connectivity index (χ1) is 6.29. The zero-order chi connectivity index (χ0) is 9.68. The van der Waals surface area contributed by atoms with Crippen LogP contribution in [0.1, 0.15) is 33.1 Å². The Bertz CT molecular complexity index is 164. The molecule has 0 spiro atoms. The lowest BCUT2D eigenvalue weighted by Gasteiger charge is -2.36. The predicted octanol–water partition coefficient (Wildman–Crippen LogP) is 1.46. The summed E-state index contributed by atoms with van der Waals surface area (Å²) in [4.78, 5) is 11.5. The van der Waals surface area contributed by atoms with Gasteiger partial charge in [-0.2, -0.15) is 0 Å². The van der Waals surface area contributed by atoms with E-state index >= 15 is 0 Å². The van der Waals surface area contributed by atoms with Gasteiger partial charge < -0.3 is 0 Å². The number of nitrogens with zero attached hydrogens (tertiary/aromatic N) is 2. The van der Waals surface area contributed by atoms with Crippen molar-refractivity contribution in [3.05, 3.63) is 6.42 Å². The topological polar surface area (TPSA) is 23.6 Å². The molecule has 0 aromatic carbocycles. The SMILES string of the molecule is C[CH]C(=O)N(CC)N1CCCCC1. The third-order valence-electron chi connectivity index (χ3n) is 2.47. The first-order valence-electron chi connectivity index (χ1n) is 5.15. The fraction of sp³-hybridized carbons (Fsp3) is 0.800. The van der Waals surface area contributed by atoms with Crippen LogP contribution >= 0.6 is 0 Å². The Balaban J connectivity index is 2.48. The van der Waals surface area contributed by atoms with Crippen molar-refractivity contribution in [2.75, 3.05) is 19.6 Å². The van der Waals surface area contributed by atoms with Gasteiger partial charge in [-0.15, -0.1) is 0 Å². The van der Waals surface area contributed by atoms with Crippen molar-refractivity contribution in [1.82, 2.24) is 10.0 Å². The Morgan fingerprint density at radius 2 is 2.00 bits per heavy atom.